The maximum atomic E-state index is 0. The first-order valence-corrected chi connectivity index (χ1v) is 0. The first kappa shape index (κ1) is 657. The third-order valence-corrected chi connectivity index (χ3v) is 0. The summed E-state index contributed by atoms with van der Waals surface area (Å²) in [6.45, 7) is 0. The Kier molecular flexibility index (Phi) is 28400. The second-order valence-corrected chi connectivity index (χ2v) is 0. The van der Waals surface area contributed by atoms with E-state index in [2.05, 4.69) is 0 Å². The molecule has 0 spiro atoms. The SMILES string of the molecule is C.C.C.C.C.C.C.C.C.[Zn].[Zn].[Zn]. The summed E-state index contributed by atoms with van der Waals surface area (Å²) in [4.78, 5) is 0. The molecule has 0 heterocycles. The van der Waals surface area contributed by atoms with Crippen molar-refractivity contribution in [3.8, 4) is 0 Å². The summed E-state index contributed by atoms with van der Waals surface area (Å²) >= 11 is 0. The molecule has 0 aliphatic heterocycles. The van der Waals surface area contributed by atoms with E-state index in [-0.39, 0.29) is 125 Å². The fourth-order valence-corrected chi connectivity index (χ4v) is 0. The van der Waals surface area contributed by atoms with E-state index in [4.69, 9.17) is 0 Å². The molecular weight excluding hydrogens is 304 g/mol. The van der Waals surface area contributed by atoms with Crippen LogP contribution in [0.1, 0.15) is 66.8 Å². The Morgan fingerprint density at radius 1 is 0.167 bits per heavy atom. The van der Waals surface area contributed by atoms with Gasteiger partial charge in [0.2, 0.25) is 0 Å². The molecule has 78 valence electrons. The number of rotatable bonds is 0. The van der Waals surface area contributed by atoms with Crippen LogP contribution in [0.25, 0.3) is 0 Å². The molecule has 0 aliphatic carbocycles. The molecule has 0 radical (unpaired) electrons. The molecule has 0 aromatic rings. The molecule has 12 heavy (non-hydrogen) atoms. The summed E-state index contributed by atoms with van der Waals surface area (Å²) in [5.74, 6) is 0. The van der Waals surface area contributed by atoms with Crippen LogP contribution in [-0.2, 0) is 58.4 Å². The van der Waals surface area contributed by atoms with Crippen molar-refractivity contribution in [1.82, 2.24) is 0 Å². The first-order valence-electron chi connectivity index (χ1n) is 0. The van der Waals surface area contributed by atoms with Gasteiger partial charge in [-0.15, -0.1) is 0 Å². The van der Waals surface area contributed by atoms with E-state index in [1.165, 1.54) is 0 Å². The quantitative estimate of drug-likeness (QED) is 0.495. The Morgan fingerprint density at radius 2 is 0.167 bits per heavy atom. The van der Waals surface area contributed by atoms with Gasteiger partial charge < -0.3 is 0 Å². The van der Waals surface area contributed by atoms with Gasteiger partial charge in [-0.25, -0.2) is 0 Å². The zero-order valence-corrected chi connectivity index (χ0v) is 11.0. The predicted molar refractivity (Wildman–Crippen MR) is 60.6 cm³/mol. The molecule has 0 aliphatic rings. The normalized spacial score (nSPS) is 0. The van der Waals surface area contributed by atoms with Crippen molar-refractivity contribution in [3.63, 3.8) is 0 Å². The summed E-state index contributed by atoms with van der Waals surface area (Å²) in [7, 11) is 0. The minimum absolute atomic E-state index is 0. The van der Waals surface area contributed by atoms with Gasteiger partial charge >= 0.3 is 0 Å². The van der Waals surface area contributed by atoms with Crippen LogP contribution in [0.2, 0.25) is 0 Å². The number of hydrogen-bond donors (Lipinski definition) is 0. The van der Waals surface area contributed by atoms with Crippen molar-refractivity contribution in [2.45, 2.75) is 66.8 Å². The molecule has 0 amide bonds. The van der Waals surface area contributed by atoms with Crippen LogP contribution in [0.5, 0.6) is 0 Å². The monoisotopic (exact) mass is 336 g/mol. The van der Waals surface area contributed by atoms with Crippen LogP contribution in [0, 0.1) is 0 Å². The molecule has 0 nitrogen and oxygen atoms in total. The van der Waals surface area contributed by atoms with Gasteiger partial charge in [0.25, 0.3) is 0 Å². The Balaban J connectivity index is 0. The third-order valence-electron chi connectivity index (χ3n) is 0. The molecule has 0 aromatic heterocycles. The maximum Gasteiger partial charge on any atom is 0 e. The fourth-order valence-electron chi connectivity index (χ4n) is 0. The van der Waals surface area contributed by atoms with Gasteiger partial charge in [0.05, 0.1) is 0 Å². The average molecular weight is 341 g/mol. The molecule has 0 atom stereocenters. The molecule has 3 heteroatoms. The van der Waals surface area contributed by atoms with Crippen LogP contribution in [-0.4, -0.2) is 0 Å². The summed E-state index contributed by atoms with van der Waals surface area (Å²) in [5.41, 5.74) is 0. The van der Waals surface area contributed by atoms with Crippen molar-refractivity contribution in [1.29, 1.82) is 0 Å². The van der Waals surface area contributed by atoms with Crippen molar-refractivity contribution in [3.05, 3.63) is 0 Å². The van der Waals surface area contributed by atoms with Gasteiger partial charge in [0.15, 0.2) is 0 Å². The molecule has 0 saturated carbocycles. The standard InChI is InChI=1S/9CH4.3Zn/h9*1H4;;;. The summed E-state index contributed by atoms with van der Waals surface area (Å²) in [6, 6.07) is 0. The molecule has 0 bridgehead atoms. The van der Waals surface area contributed by atoms with Crippen LogP contribution in [0.4, 0.5) is 0 Å². The van der Waals surface area contributed by atoms with E-state index in [9.17, 15) is 0 Å². The van der Waals surface area contributed by atoms with Gasteiger partial charge in [-0.2, -0.15) is 0 Å². The topological polar surface area (TPSA) is 0 Å². The molecule has 0 unspecified atom stereocenters. The molecular formula is C9H36Zn3. The zero-order chi connectivity index (χ0) is 0. The fraction of sp³-hybridized carbons (Fsp3) is 1.00. The predicted octanol–water partition coefficient (Wildman–Crippen LogP) is 5.72. The van der Waals surface area contributed by atoms with E-state index in [0.717, 1.165) is 0 Å². The average Bonchev–Trinajstić information content (AvgIpc) is 0. The molecule has 0 aromatic carbocycles. The molecule has 0 rings (SSSR count). The second-order valence-electron chi connectivity index (χ2n) is 0. The van der Waals surface area contributed by atoms with Gasteiger partial charge in [0, 0.05) is 58.4 Å². The van der Waals surface area contributed by atoms with Crippen LogP contribution in [0.3, 0.4) is 0 Å². The largest absolute Gasteiger partial charge is 0.0776 e. The van der Waals surface area contributed by atoms with Crippen LogP contribution >= 0.6 is 0 Å². The second kappa shape index (κ2) is 519. The zero-order valence-electron chi connectivity index (χ0n) is 2.12. The van der Waals surface area contributed by atoms with Gasteiger partial charge in [0.1, 0.15) is 0 Å². The van der Waals surface area contributed by atoms with Crippen molar-refractivity contribution >= 4 is 0 Å². The smallest absolute Gasteiger partial charge is 0 e. The van der Waals surface area contributed by atoms with Crippen molar-refractivity contribution in [2.75, 3.05) is 0 Å². The molecule has 0 N–H and O–H groups in total. The molecule has 0 saturated heterocycles. The summed E-state index contributed by atoms with van der Waals surface area (Å²) in [5, 5.41) is 0. The van der Waals surface area contributed by atoms with Gasteiger partial charge in [-0.05, 0) is 0 Å². The van der Waals surface area contributed by atoms with E-state index in [1.807, 2.05) is 0 Å². The van der Waals surface area contributed by atoms with E-state index in [1.54, 1.807) is 0 Å². The van der Waals surface area contributed by atoms with Crippen LogP contribution in [0.15, 0.2) is 0 Å². The van der Waals surface area contributed by atoms with Crippen LogP contribution < -0.4 is 0 Å². The summed E-state index contributed by atoms with van der Waals surface area (Å²) in [6.07, 6.45) is 0. The van der Waals surface area contributed by atoms with E-state index >= 15 is 0 Å². The minimum atomic E-state index is 0. The van der Waals surface area contributed by atoms with Gasteiger partial charge in [-0.3, -0.25) is 0 Å². The van der Waals surface area contributed by atoms with Gasteiger partial charge in [-0.1, -0.05) is 66.8 Å². The Labute approximate surface area is 124 Å². The Hall–Kier alpha value is 1.87. The third kappa shape index (κ3) is 401. The maximum absolute atomic E-state index is 0. The number of hydrogen-bond acceptors (Lipinski definition) is 0. The first-order chi connectivity index (χ1) is 0. The Morgan fingerprint density at radius 3 is 0.167 bits per heavy atom. The van der Waals surface area contributed by atoms with Crippen molar-refractivity contribution < 1.29 is 58.4 Å². The molecule has 0 fully saturated rings. The van der Waals surface area contributed by atoms with E-state index < -0.39 is 0 Å². The minimum Gasteiger partial charge on any atom is -0.0776 e. The Bertz CT molecular complexity index is 9.74. The van der Waals surface area contributed by atoms with E-state index in [0.29, 0.717) is 0 Å². The summed E-state index contributed by atoms with van der Waals surface area (Å²) < 4.78 is 0. The van der Waals surface area contributed by atoms with Crippen molar-refractivity contribution in [2.24, 2.45) is 0 Å².